The second-order valence-electron chi connectivity index (χ2n) is 8.04. The van der Waals surface area contributed by atoms with Crippen molar-refractivity contribution in [2.24, 2.45) is 5.41 Å². The number of ether oxygens (including phenoxy) is 3. The number of anilines is 1. The molecule has 0 aliphatic carbocycles. The lowest BCUT2D eigenvalue weighted by Crippen LogP contribution is -2.61. The zero-order valence-electron chi connectivity index (χ0n) is 17.4. The van der Waals surface area contributed by atoms with E-state index in [2.05, 4.69) is 5.32 Å². The third-order valence-electron chi connectivity index (χ3n) is 4.45. The summed E-state index contributed by atoms with van der Waals surface area (Å²) in [4.78, 5) is 23.2. The molecule has 0 bridgehead atoms. The molecule has 1 aliphatic heterocycles. The number of esters is 1. The van der Waals surface area contributed by atoms with Crippen molar-refractivity contribution in [1.82, 2.24) is 0 Å². The van der Waals surface area contributed by atoms with Crippen LogP contribution in [0.3, 0.4) is 0 Å². The standard InChI is InChI=1S/C20H29NO9/c1-5-21-11-8-10(9-28-19(27)20(2,3)4)6-7-12(11)29-18-15(24)13(22)14(23)16(30-18)17(25)26/h6-8,13-16,18,21-24H,5,9H2,1-4H3,(H,25,26)/t13-,14-,15+,16-,18-/m0/s1. The van der Waals surface area contributed by atoms with Gasteiger partial charge in [0, 0.05) is 6.54 Å². The highest BCUT2D eigenvalue weighted by Gasteiger charge is 2.48. The van der Waals surface area contributed by atoms with Crippen molar-refractivity contribution >= 4 is 17.6 Å². The van der Waals surface area contributed by atoms with Crippen molar-refractivity contribution < 1.29 is 44.2 Å². The highest BCUT2D eigenvalue weighted by atomic mass is 16.7. The summed E-state index contributed by atoms with van der Waals surface area (Å²) in [6.07, 6.45) is -8.51. The highest BCUT2D eigenvalue weighted by molar-refractivity contribution is 5.75. The molecule has 168 valence electrons. The summed E-state index contributed by atoms with van der Waals surface area (Å²) >= 11 is 0. The molecule has 5 N–H and O–H groups in total. The minimum Gasteiger partial charge on any atom is -0.479 e. The van der Waals surface area contributed by atoms with E-state index >= 15 is 0 Å². The lowest BCUT2D eigenvalue weighted by molar-refractivity contribution is -0.271. The van der Waals surface area contributed by atoms with Gasteiger partial charge in [-0.15, -0.1) is 0 Å². The molecule has 30 heavy (non-hydrogen) atoms. The molecule has 2 rings (SSSR count). The average molecular weight is 427 g/mol. The maximum Gasteiger partial charge on any atom is 0.335 e. The lowest BCUT2D eigenvalue weighted by Gasteiger charge is -2.38. The van der Waals surface area contributed by atoms with Crippen molar-refractivity contribution in [3.8, 4) is 5.75 Å². The van der Waals surface area contributed by atoms with Gasteiger partial charge in [0.15, 0.2) is 6.10 Å². The summed E-state index contributed by atoms with van der Waals surface area (Å²) in [5.74, 6) is -1.62. The molecular weight excluding hydrogens is 398 g/mol. The number of carbonyl (C=O) groups excluding carboxylic acids is 1. The number of aliphatic carboxylic acids is 1. The number of hydrogen-bond acceptors (Lipinski definition) is 9. The van der Waals surface area contributed by atoms with Gasteiger partial charge in [-0.25, -0.2) is 4.79 Å². The Bertz CT molecular complexity index is 761. The van der Waals surface area contributed by atoms with Crippen LogP contribution in [0.1, 0.15) is 33.3 Å². The Morgan fingerprint density at radius 1 is 1.13 bits per heavy atom. The molecule has 0 spiro atoms. The molecule has 0 amide bonds. The topological polar surface area (TPSA) is 155 Å². The van der Waals surface area contributed by atoms with Crippen molar-refractivity contribution in [2.45, 2.75) is 65.0 Å². The zero-order chi connectivity index (χ0) is 22.6. The van der Waals surface area contributed by atoms with E-state index in [-0.39, 0.29) is 18.3 Å². The number of carboxylic acids is 1. The first-order valence-electron chi connectivity index (χ1n) is 9.58. The average Bonchev–Trinajstić information content (AvgIpc) is 2.67. The van der Waals surface area contributed by atoms with E-state index in [1.165, 1.54) is 0 Å². The van der Waals surface area contributed by atoms with Crippen LogP contribution in [0.4, 0.5) is 5.69 Å². The lowest BCUT2D eigenvalue weighted by atomic mass is 9.97. The molecule has 1 aliphatic rings. The first kappa shape index (κ1) is 23.9. The van der Waals surface area contributed by atoms with Crippen LogP contribution in [0.15, 0.2) is 18.2 Å². The molecule has 0 radical (unpaired) electrons. The van der Waals surface area contributed by atoms with Crippen molar-refractivity contribution in [2.75, 3.05) is 11.9 Å². The van der Waals surface area contributed by atoms with E-state index in [0.717, 1.165) is 0 Å². The first-order chi connectivity index (χ1) is 14.0. The normalized spacial score (nSPS) is 26.7. The van der Waals surface area contributed by atoms with Gasteiger partial charge in [0.25, 0.3) is 0 Å². The number of carboxylic acid groups (broad SMARTS) is 1. The van der Waals surface area contributed by atoms with Gasteiger partial charge >= 0.3 is 11.9 Å². The molecule has 0 saturated carbocycles. The van der Waals surface area contributed by atoms with E-state index in [1.807, 2.05) is 6.92 Å². The predicted octanol–water partition coefficient (Wildman–Crippen LogP) is 0.479. The molecule has 10 nitrogen and oxygen atoms in total. The first-order valence-corrected chi connectivity index (χ1v) is 9.58. The van der Waals surface area contributed by atoms with Gasteiger partial charge in [0.1, 0.15) is 30.7 Å². The number of nitrogens with one attached hydrogen (secondary N) is 1. The Kier molecular flexibility index (Phi) is 7.64. The monoisotopic (exact) mass is 427 g/mol. The predicted molar refractivity (Wildman–Crippen MR) is 105 cm³/mol. The van der Waals surface area contributed by atoms with Crippen LogP contribution in [0, 0.1) is 5.41 Å². The number of aliphatic hydroxyl groups is 3. The maximum absolute atomic E-state index is 12.0. The number of benzene rings is 1. The summed E-state index contributed by atoms with van der Waals surface area (Å²) < 4.78 is 16.1. The van der Waals surface area contributed by atoms with Crippen molar-refractivity contribution in [3.63, 3.8) is 0 Å². The molecule has 1 saturated heterocycles. The Balaban J connectivity index is 2.18. The fraction of sp³-hybridized carbons (Fsp3) is 0.600. The SMILES string of the molecule is CCNc1cc(COC(=O)C(C)(C)C)ccc1O[C@H]1O[C@H](C(=O)O)[C@@H](O)[C@H](O)[C@H]1O. The van der Waals surface area contributed by atoms with Crippen LogP contribution in [0.25, 0.3) is 0 Å². The summed E-state index contributed by atoms with van der Waals surface area (Å²) in [6.45, 7) is 7.67. The van der Waals surface area contributed by atoms with Gasteiger partial charge in [-0.3, -0.25) is 4.79 Å². The summed E-state index contributed by atoms with van der Waals surface area (Å²) in [5, 5.41) is 42.0. The zero-order valence-corrected chi connectivity index (χ0v) is 17.4. The number of carbonyl (C=O) groups is 2. The van der Waals surface area contributed by atoms with Crippen LogP contribution >= 0.6 is 0 Å². The third kappa shape index (κ3) is 5.60. The molecule has 10 heteroatoms. The smallest absolute Gasteiger partial charge is 0.335 e. The van der Waals surface area contributed by atoms with Gasteiger partial charge in [-0.2, -0.15) is 0 Å². The fourth-order valence-corrected chi connectivity index (χ4v) is 2.74. The molecule has 1 aromatic carbocycles. The Morgan fingerprint density at radius 2 is 1.80 bits per heavy atom. The number of rotatable bonds is 7. The molecule has 1 fully saturated rings. The highest BCUT2D eigenvalue weighted by Crippen LogP contribution is 2.31. The van der Waals surface area contributed by atoms with Gasteiger partial charge in [-0.1, -0.05) is 6.07 Å². The fourth-order valence-electron chi connectivity index (χ4n) is 2.74. The van der Waals surface area contributed by atoms with Crippen LogP contribution in [0.2, 0.25) is 0 Å². The van der Waals surface area contributed by atoms with Crippen molar-refractivity contribution in [3.05, 3.63) is 23.8 Å². The third-order valence-corrected chi connectivity index (χ3v) is 4.45. The number of aliphatic hydroxyl groups excluding tert-OH is 3. The molecule has 1 aromatic rings. The van der Waals surface area contributed by atoms with E-state index in [1.54, 1.807) is 39.0 Å². The van der Waals surface area contributed by atoms with Gasteiger partial charge in [-0.05, 0) is 45.4 Å². The van der Waals surface area contributed by atoms with E-state index < -0.39 is 42.1 Å². The summed E-state index contributed by atoms with van der Waals surface area (Å²) in [5.41, 5.74) is 0.540. The molecule has 0 unspecified atom stereocenters. The maximum atomic E-state index is 12.0. The molecule has 5 atom stereocenters. The molecule has 0 aromatic heterocycles. The Labute approximate surface area is 174 Å². The van der Waals surface area contributed by atoms with Crippen molar-refractivity contribution in [1.29, 1.82) is 0 Å². The second kappa shape index (κ2) is 9.61. The number of hydrogen-bond donors (Lipinski definition) is 5. The van der Waals surface area contributed by atoms with Crippen LogP contribution in [-0.4, -0.2) is 69.6 Å². The Hall–Kier alpha value is -2.40. The quantitative estimate of drug-likeness (QED) is 0.388. The van der Waals surface area contributed by atoms with E-state index in [0.29, 0.717) is 17.8 Å². The minimum atomic E-state index is -1.80. The molecular formula is C20H29NO9. The minimum absolute atomic E-state index is 0.0450. The van der Waals surface area contributed by atoms with Gasteiger partial charge < -0.3 is 40.0 Å². The van der Waals surface area contributed by atoms with E-state index in [9.17, 15) is 24.9 Å². The van der Waals surface area contributed by atoms with Crippen LogP contribution < -0.4 is 10.1 Å². The second-order valence-corrected chi connectivity index (χ2v) is 8.04. The summed E-state index contributed by atoms with van der Waals surface area (Å²) in [7, 11) is 0. The van der Waals surface area contributed by atoms with Gasteiger partial charge in [0.2, 0.25) is 6.29 Å². The van der Waals surface area contributed by atoms with Crippen LogP contribution in [0.5, 0.6) is 5.75 Å². The van der Waals surface area contributed by atoms with Crippen LogP contribution in [-0.2, 0) is 25.7 Å². The largest absolute Gasteiger partial charge is 0.479 e. The van der Waals surface area contributed by atoms with E-state index in [4.69, 9.17) is 19.3 Å². The summed E-state index contributed by atoms with van der Waals surface area (Å²) in [6, 6.07) is 4.87. The Morgan fingerprint density at radius 3 is 2.37 bits per heavy atom. The van der Waals surface area contributed by atoms with Gasteiger partial charge in [0.05, 0.1) is 11.1 Å². The molecule has 1 heterocycles.